The monoisotopic (exact) mass is 274 g/mol. The number of aromatic amines is 1. The molecule has 0 radical (unpaired) electrons. The summed E-state index contributed by atoms with van der Waals surface area (Å²) in [5.41, 5.74) is 0.406. The van der Waals surface area contributed by atoms with Gasteiger partial charge < -0.3 is 10.3 Å². The molecular weight excluding hydrogens is 260 g/mol. The van der Waals surface area contributed by atoms with Crippen molar-refractivity contribution < 1.29 is 4.92 Å². The van der Waals surface area contributed by atoms with E-state index in [0.29, 0.717) is 17.7 Å². The number of fused-ring (bicyclic) bond motifs is 1. The lowest BCUT2D eigenvalue weighted by molar-refractivity contribution is -0.383. The number of hydrogen-bond acceptors (Lipinski definition) is 5. The lowest BCUT2D eigenvalue weighted by Gasteiger charge is -2.07. The van der Waals surface area contributed by atoms with Crippen molar-refractivity contribution in [2.75, 3.05) is 11.9 Å². The van der Waals surface area contributed by atoms with Crippen LogP contribution in [-0.2, 0) is 0 Å². The van der Waals surface area contributed by atoms with E-state index in [-0.39, 0.29) is 16.6 Å². The smallest absolute Gasteiger partial charge is 0.293 e. The van der Waals surface area contributed by atoms with Gasteiger partial charge in [0.25, 0.3) is 11.2 Å². The van der Waals surface area contributed by atoms with Crippen LogP contribution in [0.4, 0.5) is 11.4 Å². The minimum atomic E-state index is -0.481. The van der Waals surface area contributed by atoms with Crippen LogP contribution in [0.1, 0.15) is 19.3 Å². The number of nitrogens with one attached hydrogen (secondary N) is 2. The normalized spacial score (nSPS) is 14.4. The van der Waals surface area contributed by atoms with Gasteiger partial charge in [0.15, 0.2) is 0 Å². The molecule has 2 aromatic rings. The van der Waals surface area contributed by atoms with Crippen molar-refractivity contribution in [3.63, 3.8) is 0 Å². The average Bonchev–Trinajstić information content (AvgIpc) is 3.22. The van der Waals surface area contributed by atoms with Crippen molar-refractivity contribution in [1.29, 1.82) is 0 Å². The summed E-state index contributed by atoms with van der Waals surface area (Å²) in [6.07, 6.45) is 4.80. The number of nitrogens with zero attached hydrogens (tertiary/aromatic N) is 2. The zero-order chi connectivity index (χ0) is 14.1. The van der Waals surface area contributed by atoms with Crippen molar-refractivity contribution in [1.82, 2.24) is 9.97 Å². The molecule has 1 aliphatic carbocycles. The van der Waals surface area contributed by atoms with E-state index in [4.69, 9.17) is 0 Å². The third-order valence-electron chi connectivity index (χ3n) is 3.52. The van der Waals surface area contributed by atoms with Gasteiger partial charge in [0.05, 0.1) is 22.2 Å². The SMILES string of the molecule is O=c1[nH]cnc2cc(NCCC3CC3)c([N+](=O)[O-])cc12. The van der Waals surface area contributed by atoms with Gasteiger partial charge in [-0.25, -0.2) is 4.98 Å². The molecule has 0 bridgehead atoms. The molecule has 0 saturated heterocycles. The van der Waals surface area contributed by atoms with E-state index < -0.39 is 4.92 Å². The number of benzene rings is 1. The molecule has 1 fully saturated rings. The Bertz CT molecular complexity index is 721. The topological polar surface area (TPSA) is 101 Å². The number of rotatable bonds is 5. The molecule has 7 heteroatoms. The fraction of sp³-hybridized carbons (Fsp3) is 0.385. The molecule has 1 heterocycles. The minimum absolute atomic E-state index is 0.0909. The molecule has 7 nitrogen and oxygen atoms in total. The Kier molecular flexibility index (Phi) is 3.09. The van der Waals surface area contributed by atoms with Crippen LogP contribution in [0.3, 0.4) is 0 Å². The Morgan fingerprint density at radius 1 is 1.45 bits per heavy atom. The Balaban J connectivity index is 1.97. The molecule has 20 heavy (non-hydrogen) atoms. The third-order valence-corrected chi connectivity index (χ3v) is 3.52. The highest BCUT2D eigenvalue weighted by Gasteiger charge is 2.21. The van der Waals surface area contributed by atoms with Gasteiger partial charge in [-0.1, -0.05) is 12.8 Å². The number of nitro groups is 1. The van der Waals surface area contributed by atoms with Crippen LogP contribution >= 0.6 is 0 Å². The van der Waals surface area contributed by atoms with Crippen LogP contribution in [0.5, 0.6) is 0 Å². The van der Waals surface area contributed by atoms with Crippen LogP contribution in [-0.4, -0.2) is 21.4 Å². The van der Waals surface area contributed by atoms with E-state index in [9.17, 15) is 14.9 Å². The fourth-order valence-corrected chi connectivity index (χ4v) is 2.21. The highest BCUT2D eigenvalue weighted by molar-refractivity contribution is 5.86. The molecule has 1 aromatic heterocycles. The van der Waals surface area contributed by atoms with Gasteiger partial charge in [-0.15, -0.1) is 0 Å². The van der Waals surface area contributed by atoms with Crippen molar-refractivity contribution >= 4 is 22.3 Å². The number of hydrogen-bond donors (Lipinski definition) is 2. The van der Waals surface area contributed by atoms with Crippen LogP contribution < -0.4 is 10.9 Å². The summed E-state index contributed by atoms with van der Waals surface area (Å²) in [5.74, 6) is 0.753. The van der Waals surface area contributed by atoms with Crippen LogP contribution in [0.25, 0.3) is 10.9 Å². The minimum Gasteiger partial charge on any atom is -0.379 e. The molecule has 3 rings (SSSR count). The lowest BCUT2D eigenvalue weighted by atomic mass is 10.2. The summed E-state index contributed by atoms with van der Waals surface area (Å²) >= 11 is 0. The molecule has 2 N–H and O–H groups in total. The van der Waals surface area contributed by atoms with Gasteiger partial charge in [-0.3, -0.25) is 14.9 Å². The van der Waals surface area contributed by atoms with E-state index in [1.807, 2.05) is 0 Å². The Morgan fingerprint density at radius 2 is 2.25 bits per heavy atom. The molecular formula is C13H14N4O3. The Labute approximate surface area is 114 Å². The molecule has 0 aliphatic heterocycles. The van der Waals surface area contributed by atoms with Crippen LogP contribution in [0.15, 0.2) is 23.3 Å². The van der Waals surface area contributed by atoms with Gasteiger partial charge in [0, 0.05) is 12.6 Å². The predicted octanol–water partition coefficient (Wildman–Crippen LogP) is 2.04. The molecule has 1 aliphatic rings. The largest absolute Gasteiger partial charge is 0.379 e. The highest BCUT2D eigenvalue weighted by atomic mass is 16.6. The molecule has 0 amide bonds. The third kappa shape index (κ3) is 2.47. The zero-order valence-electron chi connectivity index (χ0n) is 10.8. The van der Waals surface area contributed by atoms with Gasteiger partial charge in [0.1, 0.15) is 5.69 Å². The molecule has 0 unspecified atom stereocenters. The van der Waals surface area contributed by atoms with E-state index in [2.05, 4.69) is 15.3 Å². The lowest BCUT2D eigenvalue weighted by Crippen LogP contribution is -2.09. The Morgan fingerprint density at radius 3 is 2.95 bits per heavy atom. The molecule has 0 spiro atoms. The number of aromatic nitrogens is 2. The second-order valence-electron chi connectivity index (χ2n) is 5.03. The number of nitro benzene ring substituents is 1. The molecule has 104 valence electrons. The summed E-state index contributed by atoms with van der Waals surface area (Å²) < 4.78 is 0. The fourth-order valence-electron chi connectivity index (χ4n) is 2.21. The number of anilines is 1. The van der Waals surface area contributed by atoms with Gasteiger partial charge in [-0.2, -0.15) is 0 Å². The van der Waals surface area contributed by atoms with Gasteiger partial charge >= 0.3 is 0 Å². The summed E-state index contributed by atoms with van der Waals surface area (Å²) in [4.78, 5) is 28.7. The van der Waals surface area contributed by atoms with Gasteiger partial charge in [-0.05, 0) is 18.4 Å². The van der Waals surface area contributed by atoms with Crippen molar-refractivity contribution in [3.8, 4) is 0 Å². The predicted molar refractivity (Wildman–Crippen MR) is 74.8 cm³/mol. The highest BCUT2D eigenvalue weighted by Crippen LogP contribution is 2.33. The van der Waals surface area contributed by atoms with Crippen LogP contribution in [0.2, 0.25) is 0 Å². The van der Waals surface area contributed by atoms with E-state index in [1.165, 1.54) is 25.2 Å². The maximum absolute atomic E-state index is 11.6. The van der Waals surface area contributed by atoms with Crippen molar-refractivity contribution in [2.24, 2.45) is 5.92 Å². The maximum atomic E-state index is 11.6. The first-order valence-electron chi connectivity index (χ1n) is 6.55. The van der Waals surface area contributed by atoms with E-state index >= 15 is 0 Å². The van der Waals surface area contributed by atoms with Crippen LogP contribution in [0, 0.1) is 16.0 Å². The first-order chi connectivity index (χ1) is 9.65. The maximum Gasteiger partial charge on any atom is 0.293 e. The summed E-state index contributed by atoms with van der Waals surface area (Å²) in [6.45, 7) is 0.695. The summed E-state index contributed by atoms with van der Waals surface area (Å²) in [7, 11) is 0. The number of H-pyrrole nitrogens is 1. The van der Waals surface area contributed by atoms with Crippen molar-refractivity contribution in [3.05, 3.63) is 38.9 Å². The Hall–Kier alpha value is -2.44. The molecule has 1 aromatic carbocycles. The van der Waals surface area contributed by atoms with Crippen molar-refractivity contribution in [2.45, 2.75) is 19.3 Å². The quantitative estimate of drug-likeness (QED) is 0.641. The second-order valence-corrected chi connectivity index (χ2v) is 5.03. The molecule has 1 saturated carbocycles. The summed E-state index contributed by atoms with van der Waals surface area (Å²) in [6, 6.07) is 2.84. The van der Waals surface area contributed by atoms with E-state index in [1.54, 1.807) is 6.07 Å². The first-order valence-corrected chi connectivity index (χ1v) is 6.55. The second kappa shape index (κ2) is 4.92. The summed E-state index contributed by atoms with van der Waals surface area (Å²) in [5, 5.41) is 14.4. The van der Waals surface area contributed by atoms with Gasteiger partial charge in [0.2, 0.25) is 0 Å². The first kappa shape index (κ1) is 12.6. The zero-order valence-corrected chi connectivity index (χ0v) is 10.8. The van der Waals surface area contributed by atoms with E-state index in [0.717, 1.165) is 12.3 Å². The average molecular weight is 274 g/mol. The molecule has 0 atom stereocenters. The standard InChI is InChI=1S/C13H14N4O3/c18-13-9-5-12(17(19)20)11(6-10(9)15-7-16-13)14-4-3-8-1-2-8/h5-8,14H,1-4H2,(H,15,16,18).